The SMILES string of the molecule is Cc1ccc2c(c1)C(=O)N(CC(=O)N(CCCN)Cc1ccccc1)C2=O.Cl. The Balaban J connectivity index is 0.00000280. The molecule has 0 radical (unpaired) electrons. The van der Waals surface area contributed by atoms with E-state index in [0.717, 1.165) is 16.0 Å². The lowest BCUT2D eigenvalue weighted by Gasteiger charge is -2.25. The number of nitrogens with two attached hydrogens (primary N) is 1. The Labute approximate surface area is 170 Å². The predicted octanol–water partition coefficient (Wildman–Crippen LogP) is 2.39. The van der Waals surface area contributed by atoms with Gasteiger partial charge in [0.2, 0.25) is 5.91 Å². The second kappa shape index (κ2) is 9.48. The molecule has 0 spiro atoms. The van der Waals surface area contributed by atoms with Gasteiger partial charge in [0.1, 0.15) is 6.54 Å². The van der Waals surface area contributed by atoms with E-state index in [-0.39, 0.29) is 24.9 Å². The molecule has 0 aliphatic carbocycles. The van der Waals surface area contributed by atoms with E-state index in [0.29, 0.717) is 37.2 Å². The van der Waals surface area contributed by atoms with Gasteiger partial charge in [-0.3, -0.25) is 19.3 Å². The van der Waals surface area contributed by atoms with Crippen molar-refractivity contribution in [2.75, 3.05) is 19.6 Å². The smallest absolute Gasteiger partial charge is 0.262 e. The summed E-state index contributed by atoms with van der Waals surface area (Å²) in [5, 5.41) is 0. The van der Waals surface area contributed by atoms with Crippen LogP contribution in [0, 0.1) is 6.92 Å². The molecule has 6 nitrogen and oxygen atoms in total. The second-order valence-electron chi connectivity index (χ2n) is 6.69. The van der Waals surface area contributed by atoms with E-state index < -0.39 is 11.8 Å². The standard InChI is InChI=1S/C21H23N3O3.ClH/c1-15-8-9-17-18(12-15)21(27)24(20(17)26)14-19(25)23(11-5-10-22)13-16-6-3-2-4-7-16;/h2-4,6-9,12H,5,10-11,13-14,22H2,1H3;1H. The molecule has 0 fully saturated rings. The Morgan fingerprint density at radius 2 is 1.71 bits per heavy atom. The van der Waals surface area contributed by atoms with Crippen LogP contribution in [0.15, 0.2) is 48.5 Å². The van der Waals surface area contributed by atoms with Crippen LogP contribution in [-0.2, 0) is 11.3 Å². The minimum absolute atomic E-state index is 0. The molecule has 0 bridgehead atoms. The van der Waals surface area contributed by atoms with Crippen LogP contribution in [0.3, 0.4) is 0 Å². The van der Waals surface area contributed by atoms with Gasteiger partial charge in [-0.05, 0) is 37.6 Å². The van der Waals surface area contributed by atoms with Gasteiger partial charge < -0.3 is 10.6 Å². The quantitative estimate of drug-likeness (QED) is 0.722. The molecule has 3 amide bonds. The summed E-state index contributed by atoms with van der Waals surface area (Å²) in [6, 6.07) is 14.7. The number of imide groups is 1. The molecule has 1 aliphatic heterocycles. The number of carbonyl (C=O) groups excluding carboxylic acids is 3. The molecule has 0 atom stereocenters. The van der Waals surface area contributed by atoms with Gasteiger partial charge in [0.05, 0.1) is 11.1 Å². The molecule has 0 unspecified atom stereocenters. The molecule has 148 valence electrons. The van der Waals surface area contributed by atoms with Gasteiger partial charge in [-0.25, -0.2) is 0 Å². The minimum Gasteiger partial charge on any atom is -0.337 e. The fourth-order valence-electron chi connectivity index (χ4n) is 3.16. The molecule has 7 heteroatoms. The Hall–Kier alpha value is -2.70. The number of hydrogen-bond donors (Lipinski definition) is 1. The Bertz CT molecular complexity index is 870. The number of fused-ring (bicyclic) bond motifs is 1. The Morgan fingerprint density at radius 3 is 2.39 bits per heavy atom. The fraction of sp³-hybridized carbons (Fsp3) is 0.286. The van der Waals surface area contributed by atoms with E-state index in [9.17, 15) is 14.4 Å². The number of carbonyl (C=O) groups is 3. The largest absolute Gasteiger partial charge is 0.337 e. The molecular formula is C21H24ClN3O3. The molecule has 0 saturated carbocycles. The summed E-state index contributed by atoms with van der Waals surface area (Å²) in [5.41, 5.74) is 8.20. The average Bonchev–Trinajstić information content (AvgIpc) is 2.90. The van der Waals surface area contributed by atoms with Crippen LogP contribution in [0.5, 0.6) is 0 Å². The molecule has 2 aromatic carbocycles. The number of halogens is 1. The van der Waals surface area contributed by atoms with Crippen LogP contribution in [0.4, 0.5) is 0 Å². The van der Waals surface area contributed by atoms with Crippen LogP contribution in [0.25, 0.3) is 0 Å². The average molecular weight is 402 g/mol. The molecule has 0 saturated heterocycles. The third-order valence-electron chi connectivity index (χ3n) is 4.62. The fourth-order valence-corrected chi connectivity index (χ4v) is 3.16. The monoisotopic (exact) mass is 401 g/mol. The first kappa shape index (κ1) is 21.6. The first-order valence-corrected chi connectivity index (χ1v) is 9.00. The zero-order chi connectivity index (χ0) is 19.4. The molecule has 1 heterocycles. The highest BCUT2D eigenvalue weighted by Crippen LogP contribution is 2.24. The lowest BCUT2D eigenvalue weighted by Crippen LogP contribution is -2.43. The number of hydrogen-bond acceptors (Lipinski definition) is 4. The van der Waals surface area contributed by atoms with E-state index in [4.69, 9.17) is 5.73 Å². The van der Waals surface area contributed by atoms with Crippen molar-refractivity contribution < 1.29 is 14.4 Å². The van der Waals surface area contributed by atoms with Gasteiger partial charge in [0.15, 0.2) is 0 Å². The van der Waals surface area contributed by atoms with Crippen LogP contribution >= 0.6 is 12.4 Å². The van der Waals surface area contributed by atoms with E-state index in [1.165, 1.54) is 0 Å². The van der Waals surface area contributed by atoms with Crippen LogP contribution < -0.4 is 5.73 Å². The van der Waals surface area contributed by atoms with Crippen molar-refractivity contribution in [3.63, 3.8) is 0 Å². The molecule has 3 rings (SSSR count). The highest BCUT2D eigenvalue weighted by Gasteiger charge is 2.37. The first-order valence-electron chi connectivity index (χ1n) is 9.00. The number of amides is 3. The summed E-state index contributed by atoms with van der Waals surface area (Å²) >= 11 is 0. The molecule has 2 N–H and O–H groups in total. The normalized spacial score (nSPS) is 12.6. The van der Waals surface area contributed by atoms with E-state index >= 15 is 0 Å². The van der Waals surface area contributed by atoms with Crippen molar-refractivity contribution in [1.82, 2.24) is 9.80 Å². The molecule has 28 heavy (non-hydrogen) atoms. The summed E-state index contributed by atoms with van der Waals surface area (Å²) in [4.78, 5) is 40.7. The van der Waals surface area contributed by atoms with Crippen molar-refractivity contribution >= 4 is 30.1 Å². The molecule has 0 aromatic heterocycles. The summed E-state index contributed by atoms with van der Waals surface area (Å²) in [6.07, 6.45) is 0.653. The third kappa shape index (κ3) is 4.58. The van der Waals surface area contributed by atoms with Gasteiger partial charge in [-0.15, -0.1) is 12.4 Å². The highest BCUT2D eigenvalue weighted by atomic mass is 35.5. The topological polar surface area (TPSA) is 83.7 Å². The van der Waals surface area contributed by atoms with Crippen molar-refractivity contribution in [3.8, 4) is 0 Å². The number of benzene rings is 2. The van der Waals surface area contributed by atoms with Crippen molar-refractivity contribution in [3.05, 3.63) is 70.8 Å². The second-order valence-corrected chi connectivity index (χ2v) is 6.69. The Kier molecular flexibility index (Phi) is 7.31. The van der Waals surface area contributed by atoms with Gasteiger partial charge in [-0.1, -0.05) is 42.0 Å². The zero-order valence-electron chi connectivity index (χ0n) is 15.8. The summed E-state index contributed by atoms with van der Waals surface area (Å²) in [5.74, 6) is -1.09. The summed E-state index contributed by atoms with van der Waals surface area (Å²) in [7, 11) is 0. The third-order valence-corrected chi connectivity index (χ3v) is 4.62. The molecule has 1 aliphatic rings. The van der Waals surface area contributed by atoms with Crippen molar-refractivity contribution in [1.29, 1.82) is 0 Å². The molecular weight excluding hydrogens is 378 g/mol. The maximum absolute atomic E-state index is 12.9. The van der Waals surface area contributed by atoms with Gasteiger partial charge in [0, 0.05) is 13.1 Å². The van der Waals surface area contributed by atoms with E-state index in [2.05, 4.69) is 0 Å². The van der Waals surface area contributed by atoms with Crippen molar-refractivity contribution in [2.24, 2.45) is 5.73 Å². The predicted molar refractivity (Wildman–Crippen MR) is 109 cm³/mol. The summed E-state index contributed by atoms with van der Waals surface area (Å²) < 4.78 is 0. The first-order chi connectivity index (χ1) is 13.0. The van der Waals surface area contributed by atoms with Crippen molar-refractivity contribution in [2.45, 2.75) is 19.9 Å². The zero-order valence-corrected chi connectivity index (χ0v) is 16.6. The van der Waals surface area contributed by atoms with Gasteiger partial charge >= 0.3 is 0 Å². The summed E-state index contributed by atoms with van der Waals surface area (Å²) in [6.45, 7) is 2.96. The van der Waals surface area contributed by atoms with Gasteiger partial charge in [0.25, 0.3) is 11.8 Å². The molecule has 2 aromatic rings. The lowest BCUT2D eigenvalue weighted by molar-refractivity contribution is -0.132. The number of rotatable bonds is 7. The van der Waals surface area contributed by atoms with Crippen LogP contribution in [-0.4, -0.2) is 47.2 Å². The number of nitrogens with zero attached hydrogens (tertiary/aromatic N) is 2. The minimum atomic E-state index is -0.415. The van der Waals surface area contributed by atoms with E-state index in [1.54, 1.807) is 23.1 Å². The maximum Gasteiger partial charge on any atom is 0.262 e. The highest BCUT2D eigenvalue weighted by molar-refractivity contribution is 6.22. The van der Waals surface area contributed by atoms with Crippen LogP contribution in [0.1, 0.15) is 38.3 Å². The van der Waals surface area contributed by atoms with E-state index in [1.807, 2.05) is 37.3 Å². The number of aryl methyl sites for hydroxylation is 1. The maximum atomic E-state index is 12.9. The Morgan fingerprint density at radius 1 is 1.04 bits per heavy atom. The van der Waals surface area contributed by atoms with Gasteiger partial charge in [-0.2, -0.15) is 0 Å². The lowest BCUT2D eigenvalue weighted by atomic mass is 10.1. The van der Waals surface area contributed by atoms with Crippen LogP contribution in [0.2, 0.25) is 0 Å².